The van der Waals surface area contributed by atoms with E-state index >= 15 is 0 Å². The summed E-state index contributed by atoms with van der Waals surface area (Å²) in [6.07, 6.45) is 2.52. The normalized spacial score (nSPS) is 15.4. The molecule has 0 aliphatic carbocycles. The summed E-state index contributed by atoms with van der Waals surface area (Å²) in [4.78, 5) is 21.1. The van der Waals surface area contributed by atoms with Crippen molar-refractivity contribution in [1.82, 2.24) is 15.1 Å². The number of guanidine groups is 1. The SMILES string of the molecule is CN=C(NCC(C)(C)SC)N1CCN(C(=O)Cc2cccc(Cl)c2)CC1.I. The summed E-state index contributed by atoms with van der Waals surface area (Å²) in [7, 11) is 1.81. The molecule has 1 N–H and O–H groups in total. The van der Waals surface area contributed by atoms with Gasteiger partial charge in [-0.1, -0.05) is 23.7 Å². The number of nitrogens with one attached hydrogen (secondary N) is 1. The van der Waals surface area contributed by atoms with Crippen molar-refractivity contribution in [3.63, 3.8) is 0 Å². The van der Waals surface area contributed by atoms with Gasteiger partial charge in [-0.3, -0.25) is 9.79 Å². The summed E-state index contributed by atoms with van der Waals surface area (Å²) < 4.78 is 0.157. The highest BCUT2D eigenvalue weighted by Gasteiger charge is 2.24. The lowest BCUT2D eigenvalue weighted by atomic mass is 10.1. The van der Waals surface area contributed by atoms with E-state index < -0.39 is 0 Å². The Bertz CT molecular complexity index is 648. The zero-order chi connectivity index (χ0) is 19.2. The molecule has 8 heteroatoms. The Morgan fingerprint density at radius 3 is 2.44 bits per heavy atom. The van der Waals surface area contributed by atoms with E-state index in [1.807, 2.05) is 48.0 Å². The second-order valence-corrected chi connectivity index (χ2v) is 8.99. The van der Waals surface area contributed by atoms with Gasteiger partial charge in [-0.15, -0.1) is 24.0 Å². The predicted molar refractivity (Wildman–Crippen MR) is 128 cm³/mol. The third kappa shape index (κ3) is 7.69. The van der Waals surface area contributed by atoms with Crippen molar-refractivity contribution in [2.45, 2.75) is 25.0 Å². The standard InChI is InChI=1S/C19H29ClN4OS.HI/c1-19(2,26-4)14-22-18(21-3)24-10-8-23(9-11-24)17(25)13-15-6-5-7-16(20)12-15;/h5-7,12H,8-11,13-14H2,1-4H3,(H,21,22);1H. The molecule has 0 radical (unpaired) electrons. The van der Waals surface area contributed by atoms with Gasteiger partial charge in [0.2, 0.25) is 5.91 Å². The number of carbonyl (C=O) groups is 1. The first-order chi connectivity index (χ1) is 12.3. The van der Waals surface area contributed by atoms with Crippen LogP contribution in [0.4, 0.5) is 0 Å². The second kappa shape index (κ2) is 11.4. The van der Waals surface area contributed by atoms with E-state index in [0.717, 1.165) is 31.2 Å². The van der Waals surface area contributed by atoms with Crippen LogP contribution in [-0.2, 0) is 11.2 Å². The highest BCUT2D eigenvalue weighted by Crippen LogP contribution is 2.19. The molecule has 1 fully saturated rings. The largest absolute Gasteiger partial charge is 0.355 e. The fourth-order valence-corrected chi connectivity index (χ4v) is 3.23. The second-order valence-electron chi connectivity index (χ2n) is 7.04. The molecule has 1 aromatic rings. The smallest absolute Gasteiger partial charge is 0.227 e. The maximum atomic E-state index is 12.5. The highest BCUT2D eigenvalue weighted by molar-refractivity contribution is 14.0. The van der Waals surface area contributed by atoms with Crippen LogP contribution in [0.1, 0.15) is 19.4 Å². The van der Waals surface area contributed by atoms with Crippen molar-refractivity contribution in [2.75, 3.05) is 46.0 Å². The van der Waals surface area contributed by atoms with Crippen molar-refractivity contribution in [3.8, 4) is 0 Å². The van der Waals surface area contributed by atoms with Crippen LogP contribution in [0.25, 0.3) is 0 Å². The van der Waals surface area contributed by atoms with E-state index in [1.165, 1.54) is 0 Å². The van der Waals surface area contributed by atoms with Gasteiger partial charge >= 0.3 is 0 Å². The van der Waals surface area contributed by atoms with Gasteiger partial charge in [-0.05, 0) is 37.8 Å². The van der Waals surface area contributed by atoms with Crippen molar-refractivity contribution >= 4 is 59.2 Å². The number of hydrogen-bond acceptors (Lipinski definition) is 3. The molecule has 0 aromatic heterocycles. The zero-order valence-electron chi connectivity index (χ0n) is 16.5. The Hall–Kier alpha value is -0.670. The van der Waals surface area contributed by atoms with E-state index in [2.05, 4.69) is 35.3 Å². The summed E-state index contributed by atoms with van der Waals surface area (Å²) in [6, 6.07) is 7.51. The van der Waals surface area contributed by atoms with Crippen LogP contribution in [0, 0.1) is 0 Å². The average Bonchev–Trinajstić information content (AvgIpc) is 2.62. The third-order valence-corrected chi connectivity index (χ3v) is 6.10. The van der Waals surface area contributed by atoms with E-state index in [0.29, 0.717) is 24.5 Å². The molecule has 152 valence electrons. The Labute approximate surface area is 189 Å². The number of amides is 1. The monoisotopic (exact) mass is 524 g/mol. The number of rotatable bonds is 5. The molecule has 0 unspecified atom stereocenters. The minimum atomic E-state index is 0. The number of aliphatic imine (C=N–C) groups is 1. The number of carbonyl (C=O) groups excluding carboxylic acids is 1. The summed E-state index contributed by atoms with van der Waals surface area (Å²) in [6.45, 7) is 8.29. The molecule has 0 spiro atoms. The quantitative estimate of drug-likeness (QED) is 0.365. The maximum absolute atomic E-state index is 12.5. The third-order valence-electron chi connectivity index (χ3n) is 4.61. The zero-order valence-corrected chi connectivity index (χ0v) is 20.4. The molecule has 5 nitrogen and oxygen atoms in total. The summed E-state index contributed by atoms with van der Waals surface area (Å²) >= 11 is 7.84. The van der Waals surface area contributed by atoms with Crippen LogP contribution >= 0.6 is 47.3 Å². The Kier molecular flexibility index (Phi) is 10.3. The Balaban J connectivity index is 0.00000364. The minimum Gasteiger partial charge on any atom is -0.355 e. The van der Waals surface area contributed by atoms with Crippen LogP contribution in [0.2, 0.25) is 5.02 Å². The van der Waals surface area contributed by atoms with Crippen molar-refractivity contribution in [3.05, 3.63) is 34.9 Å². The van der Waals surface area contributed by atoms with Gasteiger partial charge in [0.05, 0.1) is 6.42 Å². The van der Waals surface area contributed by atoms with Crippen molar-refractivity contribution in [2.24, 2.45) is 4.99 Å². The molecule has 0 saturated carbocycles. The molecule has 0 atom stereocenters. The maximum Gasteiger partial charge on any atom is 0.227 e. The molecule has 1 aromatic carbocycles. The predicted octanol–water partition coefficient (Wildman–Crippen LogP) is 3.36. The number of piperazine rings is 1. The summed E-state index contributed by atoms with van der Waals surface area (Å²) in [5.74, 6) is 1.06. The lowest BCUT2D eigenvalue weighted by molar-refractivity contribution is -0.131. The van der Waals surface area contributed by atoms with Gasteiger partial charge in [-0.25, -0.2) is 0 Å². The first-order valence-electron chi connectivity index (χ1n) is 8.87. The van der Waals surface area contributed by atoms with E-state index in [1.54, 1.807) is 0 Å². The first-order valence-corrected chi connectivity index (χ1v) is 10.5. The first kappa shape index (κ1) is 24.4. The molecule has 27 heavy (non-hydrogen) atoms. The molecule has 1 heterocycles. The van der Waals surface area contributed by atoms with Crippen LogP contribution in [0.15, 0.2) is 29.3 Å². The molecule has 1 amide bonds. The Morgan fingerprint density at radius 2 is 1.89 bits per heavy atom. The average molecular weight is 525 g/mol. The molecule has 1 aliphatic rings. The molecular weight excluding hydrogens is 495 g/mol. The molecule has 2 rings (SSSR count). The van der Waals surface area contributed by atoms with Crippen LogP contribution in [0.5, 0.6) is 0 Å². The van der Waals surface area contributed by atoms with Crippen LogP contribution in [0.3, 0.4) is 0 Å². The van der Waals surface area contributed by atoms with Crippen molar-refractivity contribution < 1.29 is 4.79 Å². The highest BCUT2D eigenvalue weighted by atomic mass is 127. The lowest BCUT2D eigenvalue weighted by Gasteiger charge is -2.37. The van der Waals surface area contributed by atoms with Gasteiger partial charge in [0.25, 0.3) is 0 Å². The van der Waals surface area contributed by atoms with E-state index in [4.69, 9.17) is 11.6 Å². The number of benzene rings is 1. The van der Waals surface area contributed by atoms with Gasteiger partial charge in [-0.2, -0.15) is 11.8 Å². The van der Waals surface area contributed by atoms with Crippen molar-refractivity contribution in [1.29, 1.82) is 0 Å². The lowest BCUT2D eigenvalue weighted by Crippen LogP contribution is -2.55. The molecule has 0 bridgehead atoms. The van der Waals surface area contributed by atoms with Crippen LogP contribution in [-0.4, -0.2) is 72.4 Å². The fourth-order valence-electron chi connectivity index (χ4n) is 2.80. The fraction of sp³-hybridized carbons (Fsp3) is 0.579. The molecular formula is C19H30ClIN4OS. The van der Waals surface area contributed by atoms with E-state index in [9.17, 15) is 4.79 Å². The van der Waals surface area contributed by atoms with Crippen LogP contribution < -0.4 is 5.32 Å². The van der Waals surface area contributed by atoms with Gasteiger partial charge < -0.3 is 15.1 Å². The number of thioether (sulfide) groups is 1. The molecule has 1 aliphatic heterocycles. The summed E-state index contributed by atoms with van der Waals surface area (Å²) in [5, 5.41) is 4.13. The van der Waals surface area contributed by atoms with E-state index in [-0.39, 0.29) is 34.6 Å². The molecule has 1 saturated heterocycles. The van der Waals surface area contributed by atoms with Gasteiger partial charge in [0.1, 0.15) is 0 Å². The number of nitrogens with zero attached hydrogens (tertiary/aromatic N) is 3. The number of hydrogen-bond donors (Lipinski definition) is 1. The Morgan fingerprint density at radius 1 is 1.26 bits per heavy atom. The van der Waals surface area contributed by atoms with Gasteiger partial charge in [0.15, 0.2) is 5.96 Å². The topological polar surface area (TPSA) is 47.9 Å². The van der Waals surface area contributed by atoms with Gasteiger partial charge in [0, 0.05) is 49.5 Å². The minimum absolute atomic E-state index is 0. The summed E-state index contributed by atoms with van der Waals surface area (Å²) in [5.41, 5.74) is 0.960. The number of halogens is 2.